The van der Waals surface area contributed by atoms with E-state index in [1.807, 2.05) is 0 Å². The molecule has 0 bridgehead atoms. The number of benzene rings is 1. The van der Waals surface area contributed by atoms with Gasteiger partial charge in [0.1, 0.15) is 5.75 Å². The summed E-state index contributed by atoms with van der Waals surface area (Å²) >= 11 is 0. The first-order valence-electron chi connectivity index (χ1n) is 3.60. The Kier molecular flexibility index (Phi) is 3.14. The van der Waals surface area contributed by atoms with Crippen LogP contribution >= 0.6 is 0 Å². The molecule has 63 valence electrons. The van der Waals surface area contributed by atoms with Crippen molar-refractivity contribution in [3.8, 4) is 5.75 Å². The van der Waals surface area contributed by atoms with Crippen molar-refractivity contribution in [1.29, 1.82) is 0 Å². The number of carboxylic acid groups (broad SMARTS) is 1. The summed E-state index contributed by atoms with van der Waals surface area (Å²) in [4.78, 5) is 10.1. The molecule has 0 fully saturated rings. The molecule has 3 heteroatoms. The topological polar surface area (TPSA) is 46.5 Å². The molecule has 0 atom stereocenters. The summed E-state index contributed by atoms with van der Waals surface area (Å²) < 4.78 is 5.10. The largest absolute Gasteiger partial charge is 0.493 e. The van der Waals surface area contributed by atoms with Gasteiger partial charge in [-0.3, -0.25) is 4.79 Å². The fraction of sp³-hybridized carbons (Fsp3) is 0.222. The molecule has 0 spiro atoms. The number of hydrogen-bond donors (Lipinski definition) is 1. The molecule has 0 heterocycles. The lowest BCUT2D eigenvalue weighted by Crippen LogP contribution is -2.04. The maximum Gasteiger partial charge on any atom is 0.306 e. The highest BCUT2D eigenvalue weighted by Gasteiger charge is 1.96. The molecular formula is C9H9O3. The van der Waals surface area contributed by atoms with Crippen molar-refractivity contribution in [2.45, 2.75) is 6.42 Å². The molecule has 12 heavy (non-hydrogen) atoms. The van der Waals surface area contributed by atoms with Crippen LogP contribution in [-0.4, -0.2) is 17.7 Å². The van der Waals surface area contributed by atoms with E-state index in [4.69, 9.17) is 9.84 Å². The molecule has 1 radical (unpaired) electrons. The Balaban J connectivity index is 2.29. The molecule has 1 aromatic carbocycles. The molecule has 1 N–H and O–H groups in total. The zero-order valence-electron chi connectivity index (χ0n) is 6.49. The number of carboxylic acids is 1. The Morgan fingerprint density at radius 2 is 2.50 bits per heavy atom. The van der Waals surface area contributed by atoms with E-state index in [-0.39, 0.29) is 13.0 Å². The quantitative estimate of drug-likeness (QED) is 0.732. The van der Waals surface area contributed by atoms with Crippen molar-refractivity contribution < 1.29 is 14.6 Å². The predicted molar refractivity (Wildman–Crippen MR) is 43.0 cm³/mol. The van der Waals surface area contributed by atoms with Gasteiger partial charge in [0.05, 0.1) is 13.0 Å². The fourth-order valence-corrected chi connectivity index (χ4v) is 0.723. The monoisotopic (exact) mass is 165 g/mol. The molecule has 0 aliphatic carbocycles. The lowest BCUT2D eigenvalue weighted by molar-refractivity contribution is -0.137. The van der Waals surface area contributed by atoms with Gasteiger partial charge < -0.3 is 9.84 Å². The van der Waals surface area contributed by atoms with Crippen molar-refractivity contribution >= 4 is 5.97 Å². The Morgan fingerprint density at radius 3 is 3.08 bits per heavy atom. The van der Waals surface area contributed by atoms with Crippen LogP contribution < -0.4 is 4.74 Å². The van der Waals surface area contributed by atoms with Gasteiger partial charge in [0.2, 0.25) is 0 Å². The van der Waals surface area contributed by atoms with Crippen LogP contribution in [0.15, 0.2) is 24.3 Å². The van der Waals surface area contributed by atoms with Crippen molar-refractivity contribution in [2.75, 3.05) is 6.61 Å². The van der Waals surface area contributed by atoms with E-state index < -0.39 is 5.97 Å². The molecule has 0 aliphatic heterocycles. The normalized spacial score (nSPS) is 9.33. The number of aliphatic carboxylic acids is 1. The summed E-state index contributed by atoms with van der Waals surface area (Å²) in [5.74, 6) is -0.200. The van der Waals surface area contributed by atoms with E-state index in [9.17, 15) is 4.79 Å². The highest BCUT2D eigenvalue weighted by atomic mass is 16.5. The Bertz CT molecular complexity index is 243. The van der Waals surface area contributed by atoms with E-state index >= 15 is 0 Å². The Morgan fingerprint density at radius 1 is 1.67 bits per heavy atom. The van der Waals surface area contributed by atoms with Gasteiger partial charge >= 0.3 is 5.97 Å². The van der Waals surface area contributed by atoms with Crippen molar-refractivity contribution in [3.63, 3.8) is 0 Å². The first-order chi connectivity index (χ1) is 5.79. The molecule has 1 aromatic rings. The van der Waals surface area contributed by atoms with E-state index in [2.05, 4.69) is 6.07 Å². The maximum absolute atomic E-state index is 10.1. The molecule has 0 saturated carbocycles. The zero-order valence-corrected chi connectivity index (χ0v) is 6.49. The van der Waals surface area contributed by atoms with Crippen molar-refractivity contribution in [1.82, 2.24) is 0 Å². The van der Waals surface area contributed by atoms with Gasteiger partial charge in [0.25, 0.3) is 0 Å². The summed E-state index contributed by atoms with van der Waals surface area (Å²) in [6.45, 7) is 0.202. The van der Waals surface area contributed by atoms with E-state index in [0.717, 1.165) is 0 Å². The average Bonchev–Trinajstić information content (AvgIpc) is 2.05. The number of rotatable bonds is 4. The van der Waals surface area contributed by atoms with Gasteiger partial charge in [0, 0.05) is 0 Å². The van der Waals surface area contributed by atoms with Gasteiger partial charge in [0.15, 0.2) is 0 Å². The van der Waals surface area contributed by atoms with Crippen LogP contribution in [0.3, 0.4) is 0 Å². The Labute approximate surface area is 70.6 Å². The van der Waals surface area contributed by atoms with Crippen LogP contribution in [0.5, 0.6) is 5.75 Å². The molecule has 0 saturated heterocycles. The number of carbonyl (C=O) groups is 1. The summed E-state index contributed by atoms with van der Waals surface area (Å²) in [6, 6.07) is 9.80. The molecule has 1 rings (SSSR count). The first kappa shape index (κ1) is 8.59. The minimum atomic E-state index is -0.852. The van der Waals surface area contributed by atoms with Gasteiger partial charge in [-0.05, 0) is 18.2 Å². The lowest BCUT2D eigenvalue weighted by atomic mass is 10.3. The van der Waals surface area contributed by atoms with Crippen LogP contribution in [-0.2, 0) is 4.79 Å². The van der Waals surface area contributed by atoms with Crippen molar-refractivity contribution in [3.05, 3.63) is 30.3 Å². The van der Waals surface area contributed by atoms with Gasteiger partial charge in [-0.25, -0.2) is 0 Å². The summed E-state index contributed by atoms with van der Waals surface area (Å²) in [6.07, 6.45) is 0.0227. The number of ether oxygens (including phenoxy) is 1. The molecule has 0 aliphatic rings. The highest BCUT2D eigenvalue weighted by Crippen LogP contribution is 2.07. The molecule has 0 unspecified atom stereocenters. The van der Waals surface area contributed by atoms with E-state index in [1.165, 1.54) is 0 Å². The van der Waals surface area contributed by atoms with Crippen LogP contribution in [0.1, 0.15) is 6.42 Å². The van der Waals surface area contributed by atoms with Gasteiger partial charge in [-0.2, -0.15) is 0 Å². The standard InChI is InChI=1S/C9H9O3/c10-9(11)6-7-12-8-4-2-1-3-5-8/h1-2,4-5H,6-7H2,(H,10,11). The van der Waals surface area contributed by atoms with Crippen molar-refractivity contribution in [2.24, 2.45) is 0 Å². The van der Waals surface area contributed by atoms with Gasteiger partial charge in [-0.1, -0.05) is 12.1 Å². The summed E-state index contributed by atoms with van der Waals surface area (Å²) in [7, 11) is 0. The first-order valence-corrected chi connectivity index (χ1v) is 3.60. The van der Waals surface area contributed by atoms with E-state index in [1.54, 1.807) is 24.3 Å². The van der Waals surface area contributed by atoms with Crippen LogP contribution in [0, 0.1) is 6.07 Å². The van der Waals surface area contributed by atoms with Crippen LogP contribution in [0.25, 0.3) is 0 Å². The molecule has 0 amide bonds. The van der Waals surface area contributed by atoms with Crippen LogP contribution in [0.2, 0.25) is 0 Å². The average molecular weight is 165 g/mol. The predicted octanol–water partition coefficient (Wildman–Crippen LogP) is 1.34. The Hall–Kier alpha value is -1.51. The number of hydrogen-bond acceptors (Lipinski definition) is 2. The lowest BCUT2D eigenvalue weighted by Gasteiger charge is -2.02. The minimum absolute atomic E-state index is 0.0227. The molecule has 3 nitrogen and oxygen atoms in total. The highest BCUT2D eigenvalue weighted by molar-refractivity contribution is 5.66. The smallest absolute Gasteiger partial charge is 0.306 e. The summed E-state index contributed by atoms with van der Waals surface area (Å²) in [5.41, 5.74) is 0. The van der Waals surface area contributed by atoms with Gasteiger partial charge in [-0.15, -0.1) is 0 Å². The minimum Gasteiger partial charge on any atom is -0.493 e. The van der Waals surface area contributed by atoms with E-state index in [0.29, 0.717) is 5.75 Å². The fourth-order valence-electron chi connectivity index (χ4n) is 0.723. The molecular weight excluding hydrogens is 156 g/mol. The second-order valence-electron chi connectivity index (χ2n) is 2.23. The summed E-state index contributed by atoms with van der Waals surface area (Å²) in [5, 5.41) is 8.30. The maximum atomic E-state index is 10.1. The second kappa shape index (κ2) is 4.38. The van der Waals surface area contributed by atoms with Crippen LogP contribution in [0.4, 0.5) is 0 Å². The third kappa shape index (κ3) is 3.05. The third-order valence-corrected chi connectivity index (χ3v) is 1.26. The molecule has 0 aromatic heterocycles. The second-order valence-corrected chi connectivity index (χ2v) is 2.23. The SMILES string of the molecule is O=C(O)CCOc1c[c]ccc1. The zero-order chi connectivity index (χ0) is 8.81. The third-order valence-electron chi connectivity index (χ3n) is 1.26.